The van der Waals surface area contributed by atoms with Crippen LogP contribution in [0.3, 0.4) is 0 Å². The zero-order valence-corrected chi connectivity index (χ0v) is 21.5. The largest absolute Gasteiger partial charge is 0.452 e. The highest BCUT2D eigenvalue weighted by Crippen LogP contribution is 2.50. The molecule has 3 heterocycles. The van der Waals surface area contributed by atoms with Crippen molar-refractivity contribution < 1.29 is 9.47 Å². The molecule has 6 aromatic rings. The smallest absolute Gasteiger partial charge is 0.194 e. The van der Waals surface area contributed by atoms with E-state index in [2.05, 4.69) is 125 Å². The molecule has 0 saturated heterocycles. The van der Waals surface area contributed by atoms with Crippen molar-refractivity contribution >= 4 is 27.5 Å². The molecule has 4 nitrogen and oxygen atoms in total. The van der Waals surface area contributed by atoms with Gasteiger partial charge in [-0.1, -0.05) is 84.9 Å². The Bertz CT molecular complexity index is 2030. The Kier molecular flexibility index (Phi) is 4.41. The molecule has 0 bridgehead atoms. The van der Waals surface area contributed by atoms with Crippen molar-refractivity contribution in [3.8, 4) is 28.3 Å². The predicted molar refractivity (Wildman–Crippen MR) is 160 cm³/mol. The van der Waals surface area contributed by atoms with Gasteiger partial charge < -0.3 is 19.4 Å². The normalized spacial score (nSPS) is 18.4. The maximum absolute atomic E-state index is 6.75. The lowest BCUT2D eigenvalue weighted by Gasteiger charge is -2.31. The number of aromatic nitrogens is 1. The molecule has 4 heteroatoms. The van der Waals surface area contributed by atoms with Crippen LogP contribution in [0, 0.1) is 0 Å². The summed E-state index contributed by atoms with van der Waals surface area (Å²) in [6.45, 7) is 0. The summed E-state index contributed by atoms with van der Waals surface area (Å²) in [7, 11) is 0. The molecule has 2 atom stereocenters. The monoisotopic (exact) mass is 516 g/mol. The highest BCUT2D eigenvalue weighted by molar-refractivity contribution is 6.12. The van der Waals surface area contributed by atoms with Crippen LogP contribution in [-0.2, 0) is 0 Å². The number of anilines is 1. The van der Waals surface area contributed by atoms with E-state index < -0.39 is 0 Å². The van der Waals surface area contributed by atoms with Gasteiger partial charge in [-0.15, -0.1) is 0 Å². The number of nitrogens with zero attached hydrogens (tertiary/aromatic N) is 1. The zero-order valence-electron chi connectivity index (χ0n) is 21.5. The maximum Gasteiger partial charge on any atom is 0.194 e. The van der Waals surface area contributed by atoms with Gasteiger partial charge in [0.2, 0.25) is 0 Å². The Morgan fingerprint density at radius 2 is 1.43 bits per heavy atom. The molecule has 190 valence electrons. The molecule has 2 aliphatic heterocycles. The predicted octanol–water partition coefficient (Wildman–Crippen LogP) is 8.58. The summed E-state index contributed by atoms with van der Waals surface area (Å²) in [5.41, 5.74) is 8.06. The molecule has 3 aliphatic rings. The van der Waals surface area contributed by atoms with Crippen LogP contribution in [0.2, 0.25) is 0 Å². The third-order valence-corrected chi connectivity index (χ3v) is 8.39. The number of ether oxygens (including phenoxy) is 2. The lowest BCUT2D eigenvalue weighted by atomic mass is 9.89. The van der Waals surface area contributed by atoms with E-state index in [0.717, 1.165) is 50.8 Å². The van der Waals surface area contributed by atoms with E-state index in [4.69, 9.17) is 9.47 Å². The van der Waals surface area contributed by atoms with Crippen LogP contribution in [-0.4, -0.2) is 10.6 Å². The van der Waals surface area contributed by atoms with Gasteiger partial charge in [0, 0.05) is 28.1 Å². The molecule has 1 N–H and O–H groups in total. The number of para-hydroxylation sites is 2. The highest BCUT2D eigenvalue weighted by atomic mass is 16.6. The lowest BCUT2D eigenvalue weighted by molar-refractivity contribution is 0.282. The van der Waals surface area contributed by atoms with Crippen LogP contribution in [0.1, 0.15) is 11.5 Å². The van der Waals surface area contributed by atoms with Crippen molar-refractivity contribution in [3.05, 3.63) is 144 Å². The van der Waals surface area contributed by atoms with Crippen LogP contribution in [0.4, 0.5) is 5.69 Å². The van der Waals surface area contributed by atoms with E-state index in [1.165, 1.54) is 22.1 Å². The third-order valence-electron chi connectivity index (χ3n) is 8.39. The first-order valence-corrected chi connectivity index (χ1v) is 13.7. The van der Waals surface area contributed by atoms with Gasteiger partial charge in [-0.2, -0.15) is 0 Å². The van der Waals surface area contributed by atoms with Gasteiger partial charge in [-0.05, 0) is 59.2 Å². The van der Waals surface area contributed by atoms with Crippen LogP contribution in [0.25, 0.3) is 38.6 Å². The molecule has 0 radical (unpaired) electrons. The number of benzene rings is 5. The van der Waals surface area contributed by atoms with Crippen LogP contribution >= 0.6 is 0 Å². The second-order valence-corrected chi connectivity index (χ2v) is 10.6. The van der Waals surface area contributed by atoms with Crippen molar-refractivity contribution in [1.82, 2.24) is 4.57 Å². The van der Waals surface area contributed by atoms with E-state index in [0.29, 0.717) is 0 Å². The fourth-order valence-corrected chi connectivity index (χ4v) is 6.54. The maximum atomic E-state index is 6.75. The average molecular weight is 517 g/mol. The van der Waals surface area contributed by atoms with E-state index in [9.17, 15) is 0 Å². The number of allylic oxidation sites excluding steroid dienone is 1. The van der Waals surface area contributed by atoms with Crippen molar-refractivity contribution in [2.24, 2.45) is 0 Å². The standard InChI is InChI=1S/C36H24N2O2/c1-2-8-22(9-3-1)23-14-16-24(17-15-23)38-30-13-7-5-11-26(30)28-19-21-32-36(34(28)38)40-31-20-18-27-25-10-4-6-12-29(25)37-33(27)35(31)39-32/h1-21,27,33,37H/t27-,33?/m0/s1. The molecule has 5 aromatic carbocycles. The van der Waals surface area contributed by atoms with Crippen LogP contribution < -0.4 is 14.8 Å². The van der Waals surface area contributed by atoms with Crippen LogP contribution in [0.15, 0.2) is 139 Å². The fourth-order valence-electron chi connectivity index (χ4n) is 6.54. The summed E-state index contributed by atoms with van der Waals surface area (Å²) in [6, 6.07) is 40.5. The molecular weight excluding hydrogens is 492 g/mol. The zero-order chi connectivity index (χ0) is 26.2. The molecule has 0 amide bonds. The quantitative estimate of drug-likeness (QED) is 0.250. The molecule has 0 fully saturated rings. The van der Waals surface area contributed by atoms with E-state index >= 15 is 0 Å². The Morgan fingerprint density at radius 1 is 0.650 bits per heavy atom. The number of fused-ring (bicyclic) bond motifs is 9. The number of hydrogen-bond acceptors (Lipinski definition) is 3. The summed E-state index contributed by atoms with van der Waals surface area (Å²) < 4.78 is 15.7. The molecule has 9 rings (SSSR count). The Morgan fingerprint density at radius 3 is 2.33 bits per heavy atom. The molecule has 0 spiro atoms. The van der Waals surface area contributed by atoms with Crippen molar-refractivity contribution in [2.75, 3.05) is 5.32 Å². The summed E-state index contributed by atoms with van der Waals surface area (Å²) in [5, 5.41) is 5.98. The molecular formula is C36H24N2O2. The van der Waals surface area contributed by atoms with Crippen molar-refractivity contribution in [3.63, 3.8) is 0 Å². The first-order valence-electron chi connectivity index (χ1n) is 13.7. The van der Waals surface area contributed by atoms with E-state index in [1.54, 1.807) is 0 Å². The molecule has 1 aliphatic carbocycles. The lowest BCUT2D eigenvalue weighted by Crippen LogP contribution is -2.31. The summed E-state index contributed by atoms with van der Waals surface area (Å²) in [5.74, 6) is 3.31. The van der Waals surface area contributed by atoms with E-state index in [1.807, 2.05) is 12.1 Å². The summed E-state index contributed by atoms with van der Waals surface area (Å²) in [6.07, 6.45) is 4.30. The minimum absolute atomic E-state index is 0.0117. The molecule has 40 heavy (non-hydrogen) atoms. The molecule has 1 unspecified atom stereocenters. The Hall–Kier alpha value is -5.22. The van der Waals surface area contributed by atoms with Crippen LogP contribution in [0.5, 0.6) is 11.5 Å². The fraction of sp³-hybridized carbons (Fsp3) is 0.0556. The van der Waals surface area contributed by atoms with Gasteiger partial charge in [0.05, 0.1) is 11.6 Å². The minimum atomic E-state index is 0.0117. The van der Waals surface area contributed by atoms with Gasteiger partial charge in [0.25, 0.3) is 0 Å². The number of nitrogens with one attached hydrogen (secondary N) is 1. The summed E-state index contributed by atoms with van der Waals surface area (Å²) in [4.78, 5) is 0. The minimum Gasteiger partial charge on any atom is -0.452 e. The van der Waals surface area contributed by atoms with Gasteiger partial charge in [0.1, 0.15) is 5.52 Å². The molecule has 1 aromatic heterocycles. The second-order valence-electron chi connectivity index (χ2n) is 10.6. The first kappa shape index (κ1) is 21.7. The second kappa shape index (κ2) is 8.14. The Labute approximate surface area is 231 Å². The number of hydrogen-bond donors (Lipinski definition) is 1. The summed E-state index contributed by atoms with van der Waals surface area (Å²) >= 11 is 0. The van der Waals surface area contributed by atoms with Crippen molar-refractivity contribution in [2.45, 2.75) is 12.0 Å². The first-order chi connectivity index (χ1) is 19.8. The van der Waals surface area contributed by atoms with E-state index in [-0.39, 0.29) is 12.0 Å². The topological polar surface area (TPSA) is 35.4 Å². The SMILES string of the molecule is C1=C[C@H]2c3ccccc3NC2C2=C1Oc1c(ccc3c4ccccc4n(-c4ccc(-c5ccccc5)cc4)c13)O2. The molecule has 0 saturated carbocycles. The van der Waals surface area contributed by atoms with Gasteiger partial charge in [-0.3, -0.25) is 0 Å². The highest BCUT2D eigenvalue weighted by Gasteiger charge is 2.41. The van der Waals surface area contributed by atoms with Crippen molar-refractivity contribution in [1.29, 1.82) is 0 Å². The van der Waals surface area contributed by atoms with Gasteiger partial charge >= 0.3 is 0 Å². The Balaban J connectivity index is 1.20. The third kappa shape index (κ3) is 3.02. The average Bonchev–Trinajstić information content (AvgIpc) is 3.57. The number of rotatable bonds is 2. The van der Waals surface area contributed by atoms with Gasteiger partial charge in [0.15, 0.2) is 23.0 Å². The van der Waals surface area contributed by atoms with Gasteiger partial charge in [-0.25, -0.2) is 0 Å².